The largest absolute Gasteiger partial charge is 0.379 e. The third-order valence-electron chi connectivity index (χ3n) is 3.82. The van der Waals surface area contributed by atoms with Gasteiger partial charge in [-0.3, -0.25) is 10.1 Å². The van der Waals surface area contributed by atoms with E-state index in [0.29, 0.717) is 5.56 Å². The second-order valence-electron chi connectivity index (χ2n) is 5.47. The van der Waals surface area contributed by atoms with Gasteiger partial charge in [-0.25, -0.2) is 0 Å². The number of nitro benzene ring substituents is 1. The first-order valence-electron chi connectivity index (χ1n) is 6.97. The van der Waals surface area contributed by atoms with Crippen LogP contribution in [0.1, 0.15) is 35.2 Å². The zero-order valence-corrected chi connectivity index (χ0v) is 12.8. The van der Waals surface area contributed by atoms with Crippen LogP contribution in [0.2, 0.25) is 0 Å². The molecule has 2 aromatic carbocycles. The first-order valence-corrected chi connectivity index (χ1v) is 6.97. The van der Waals surface area contributed by atoms with Gasteiger partial charge in [-0.15, -0.1) is 0 Å². The molecule has 0 heterocycles. The van der Waals surface area contributed by atoms with E-state index in [1.165, 1.54) is 11.1 Å². The van der Waals surface area contributed by atoms with E-state index in [2.05, 4.69) is 31.3 Å². The highest BCUT2D eigenvalue weighted by molar-refractivity contribution is 5.51. The summed E-state index contributed by atoms with van der Waals surface area (Å²) in [4.78, 5) is 10.7. The van der Waals surface area contributed by atoms with Gasteiger partial charge < -0.3 is 5.32 Å². The summed E-state index contributed by atoms with van der Waals surface area (Å²) in [6.45, 7) is 7.90. The van der Waals surface area contributed by atoms with Crippen LogP contribution in [0.5, 0.6) is 0 Å². The Labute approximate surface area is 125 Å². The Kier molecular flexibility index (Phi) is 4.26. The van der Waals surface area contributed by atoms with Crippen molar-refractivity contribution < 1.29 is 4.92 Å². The standard InChI is InChI=1S/C17H20N2O2/c1-11-6-8-16(9-13(11)3)18-14(4)15-7-5-12(2)17(10-15)19(20)21/h5-10,14,18H,1-4H3. The van der Waals surface area contributed by atoms with Crippen molar-refractivity contribution in [2.24, 2.45) is 0 Å². The molecule has 4 nitrogen and oxygen atoms in total. The maximum atomic E-state index is 11.0. The highest BCUT2D eigenvalue weighted by atomic mass is 16.6. The molecule has 0 aliphatic carbocycles. The minimum Gasteiger partial charge on any atom is -0.379 e. The Morgan fingerprint density at radius 3 is 2.29 bits per heavy atom. The summed E-state index contributed by atoms with van der Waals surface area (Å²) in [6.07, 6.45) is 0. The number of hydrogen-bond acceptors (Lipinski definition) is 3. The van der Waals surface area contributed by atoms with Crippen molar-refractivity contribution in [3.05, 3.63) is 68.8 Å². The summed E-state index contributed by atoms with van der Waals surface area (Å²) < 4.78 is 0. The number of anilines is 1. The minimum absolute atomic E-state index is 0.00593. The molecule has 1 N–H and O–H groups in total. The van der Waals surface area contributed by atoms with Crippen molar-refractivity contribution in [1.82, 2.24) is 0 Å². The van der Waals surface area contributed by atoms with Crippen molar-refractivity contribution in [3.8, 4) is 0 Å². The van der Waals surface area contributed by atoms with Crippen LogP contribution in [-0.4, -0.2) is 4.92 Å². The number of nitrogens with one attached hydrogen (secondary N) is 1. The predicted molar refractivity (Wildman–Crippen MR) is 85.8 cm³/mol. The lowest BCUT2D eigenvalue weighted by Crippen LogP contribution is -2.07. The van der Waals surface area contributed by atoms with E-state index in [1.807, 2.05) is 19.1 Å². The Morgan fingerprint density at radius 2 is 1.67 bits per heavy atom. The number of aryl methyl sites for hydroxylation is 3. The van der Waals surface area contributed by atoms with Gasteiger partial charge in [0, 0.05) is 23.4 Å². The van der Waals surface area contributed by atoms with Crippen LogP contribution in [0.25, 0.3) is 0 Å². The van der Waals surface area contributed by atoms with E-state index >= 15 is 0 Å². The Morgan fingerprint density at radius 1 is 1.00 bits per heavy atom. The number of nitrogens with zero attached hydrogens (tertiary/aromatic N) is 1. The lowest BCUT2D eigenvalue weighted by atomic mass is 10.0. The van der Waals surface area contributed by atoms with Gasteiger partial charge in [0.2, 0.25) is 0 Å². The minimum atomic E-state index is -0.332. The van der Waals surface area contributed by atoms with E-state index in [1.54, 1.807) is 19.1 Å². The smallest absolute Gasteiger partial charge is 0.272 e. The van der Waals surface area contributed by atoms with E-state index in [-0.39, 0.29) is 16.7 Å². The molecule has 0 amide bonds. The maximum Gasteiger partial charge on any atom is 0.272 e. The van der Waals surface area contributed by atoms with E-state index in [4.69, 9.17) is 0 Å². The molecule has 0 bridgehead atoms. The number of rotatable bonds is 4. The van der Waals surface area contributed by atoms with Crippen molar-refractivity contribution in [2.45, 2.75) is 33.7 Å². The molecule has 0 fully saturated rings. The van der Waals surface area contributed by atoms with Gasteiger partial charge in [0.1, 0.15) is 0 Å². The third kappa shape index (κ3) is 3.40. The van der Waals surface area contributed by atoms with Crippen LogP contribution >= 0.6 is 0 Å². The highest BCUT2D eigenvalue weighted by Gasteiger charge is 2.14. The molecule has 1 atom stereocenters. The second-order valence-corrected chi connectivity index (χ2v) is 5.47. The van der Waals surface area contributed by atoms with Gasteiger partial charge in [-0.2, -0.15) is 0 Å². The van der Waals surface area contributed by atoms with Gasteiger partial charge in [-0.1, -0.05) is 18.2 Å². The second kappa shape index (κ2) is 5.95. The quantitative estimate of drug-likeness (QED) is 0.654. The Balaban J connectivity index is 2.23. The van der Waals surface area contributed by atoms with E-state index < -0.39 is 0 Å². The highest BCUT2D eigenvalue weighted by Crippen LogP contribution is 2.26. The molecule has 21 heavy (non-hydrogen) atoms. The number of benzene rings is 2. The molecule has 0 saturated heterocycles. The molecule has 0 saturated carbocycles. The lowest BCUT2D eigenvalue weighted by molar-refractivity contribution is -0.385. The molecule has 0 aromatic heterocycles. The summed E-state index contributed by atoms with van der Waals surface area (Å²) in [6, 6.07) is 11.6. The van der Waals surface area contributed by atoms with Crippen molar-refractivity contribution >= 4 is 11.4 Å². The van der Waals surface area contributed by atoms with Crippen LogP contribution in [0.4, 0.5) is 11.4 Å². The maximum absolute atomic E-state index is 11.0. The molecule has 2 aromatic rings. The van der Waals surface area contributed by atoms with Crippen LogP contribution < -0.4 is 5.32 Å². The van der Waals surface area contributed by atoms with Crippen LogP contribution in [0.3, 0.4) is 0 Å². The van der Waals surface area contributed by atoms with Crippen LogP contribution in [-0.2, 0) is 0 Å². The molecular formula is C17H20N2O2. The van der Waals surface area contributed by atoms with Gasteiger partial charge in [0.25, 0.3) is 5.69 Å². The fourth-order valence-electron chi connectivity index (χ4n) is 2.26. The zero-order chi connectivity index (χ0) is 15.6. The topological polar surface area (TPSA) is 55.2 Å². The summed E-state index contributed by atoms with van der Waals surface area (Å²) in [5.74, 6) is 0. The summed E-state index contributed by atoms with van der Waals surface area (Å²) in [7, 11) is 0. The van der Waals surface area contributed by atoms with Crippen molar-refractivity contribution in [3.63, 3.8) is 0 Å². The number of hydrogen-bond donors (Lipinski definition) is 1. The van der Waals surface area contributed by atoms with Crippen LogP contribution in [0, 0.1) is 30.9 Å². The molecule has 0 spiro atoms. The third-order valence-corrected chi connectivity index (χ3v) is 3.82. The predicted octanol–water partition coefficient (Wildman–Crippen LogP) is 4.69. The lowest BCUT2D eigenvalue weighted by Gasteiger charge is -2.17. The average Bonchev–Trinajstić information content (AvgIpc) is 2.43. The molecule has 2 rings (SSSR count). The summed E-state index contributed by atoms with van der Waals surface area (Å²) in [5, 5.41) is 14.4. The zero-order valence-electron chi connectivity index (χ0n) is 12.8. The van der Waals surface area contributed by atoms with Gasteiger partial charge >= 0.3 is 0 Å². The molecule has 4 heteroatoms. The van der Waals surface area contributed by atoms with Crippen LogP contribution in [0.15, 0.2) is 36.4 Å². The van der Waals surface area contributed by atoms with E-state index in [0.717, 1.165) is 11.3 Å². The van der Waals surface area contributed by atoms with Gasteiger partial charge in [0.15, 0.2) is 0 Å². The fraction of sp³-hybridized carbons (Fsp3) is 0.294. The van der Waals surface area contributed by atoms with Crippen molar-refractivity contribution in [1.29, 1.82) is 0 Å². The molecule has 0 radical (unpaired) electrons. The average molecular weight is 284 g/mol. The first-order chi connectivity index (χ1) is 9.88. The number of nitro groups is 1. The van der Waals surface area contributed by atoms with Gasteiger partial charge in [0.05, 0.1) is 4.92 Å². The molecule has 0 aliphatic heterocycles. The fourth-order valence-corrected chi connectivity index (χ4v) is 2.26. The van der Waals surface area contributed by atoms with Gasteiger partial charge in [-0.05, 0) is 56.5 Å². The van der Waals surface area contributed by atoms with Crippen molar-refractivity contribution in [2.75, 3.05) is 5.32 Å². The molecule has 0 aliphatic rings. The normalized spacial score (nSPS) is 12.0. The SMILES string of the molecule is Cc1ccc(NC(C)c2ccc(C)c([N+](=O)[O-])c2)cc1C. The monoisotopic (exact) mass is 284 g/mol. The molecular weight excluding hydrogens is 264 g/mol. The molecule has 1 unspecified atom stereocenters. The van der Waals surface area contributed by atoms with E-state index in [9.17, 15) is 10.1 Å². The summed E-state index contributed by atoms with van der Waals surface area (Å²) in [5.41, 5.74) is 5.25. The first kappa shape index (κ1) is 15.0. The Bertz CT molecular complexity index is 680. The summed E-state index contributed by atoms with van der Waals surface area (Å²) >= 11 is 0. The molecule has 110 valence electrons. The Hall–Kier alpha value is -2.36.